The van der Waals surface area contributed by atoms with E-state index in [0.717, 1.165) is 23.5 Å². The van der Waals surface area contributed by atoms with Crippen molar-refractivity contribution >= 4 is 0 Å². The lowest BCUT2D eigenvalue weighted by Gasteiger charge is -2.19. The van der Waals surface area contributed by atoms with Gasteiger partial charge >= 0.3 is 0 Å². The second-order valence-electron chi connectivity index (χ2n) is 4.77. The van der Waals surface area contributed by atoms with Crippen LogP contribution in [0, 0.1) is 19.7 Å². The molecule has 19 heavy (non-hydrogen) atoms. The Labute approximate surface area is 113 Å². The largest absolute Gasteiger partial charge is 0.308 e. The fraction of sp³-hybridized carbons (Fsp3) is 0.400. The van der Waals surface area contributed by atoms with Gasteiger partial charge in [0.1, 0.15) is 5.82 Å². The van der Waals surface area contributed by atoms with Crippen LogP contribution < -0.4 is 5.32 Å². The number of aromatic nitrogens is 2. The first-order chi connectivity index (χ1) is 9.06. The normalized spacial score (nSPS) is 12.7. The third-order valence-corrected chi connectivity index (χ3v) is 3.28. The molecule has 1 unspecified atom stereocenters. The highest BCUT2D eigenvalue weighted by atomic mass is 19.1. The number of hydrogen-bond donors (Lipinski definition) is 1. The molecule has 0 aliphatic rings. The van der Waals surface area contributed by atoms with Crippen molar-refractivity contribution in [2.45, 2.75) is 33.4 Å². The fourth-order valence-electron chi connectivity index (χ4n) is 2.40. The topological polar surface area (TPSA) is 29.9 Å². The SMILES string of the molecule is CCn1nc(C)cc1C(NC)c1cc(C)ccc1F. The zero-order valence-corrected chi connectivity index (χ0v) is 11.9. The van der Waals surface area contributed by atoms with Crippen LogP contribution in [0.4, 0.5) is 4.39 Å². The number of halogens is 1. The summed E-state index contributed by atoms with van der Waals surface area (Å²) in [6.07, 6.45) is 0. The van der Waals surface area contributed by atoms with Gasteiger partial charge < -0.3 is 5.32 Å². The highest BCUT2D eigenvalue weighted by Crippen LogP contribution is 2.25. The van der Waals surface area contributed by atoms with Gasteiger partial charge in [-0.15, -0.1) is 0 Å². The fourth-order valence-corrected chi connectivity index (χ4v) is 2.40. The number of nitrogens with zero attached hydrogens (tertiary/aromatic N) is 2. The molecular formula is C15H20FN3. The summed E-state index contributed by atoms with van der Waals surface area (Å²) in [6.45, 7) is 6.73. The first-order valence-corrected chi connectivity index (χ1v) is 6.54. The molecule has 102 valence electrons. The average molecular weight is 261 g/mol. The lowest BCUT2D eigenvalue weighted by atomic mass is 10.0. The van der Waals surface area contributed by atoms with E-state index in [4.69, 9.17) is 0 Å². The van der Waals surface area contributed by atoms with E-state index in [1.807, 2.05) is 44.6 Å². The highest BCUT2D eigenvalue weighted by molar-refractivity contribution is 5.33. The maximum Gasteiger partial charge on any atom is 0.128 e. The molecule has 1 aromatic carbocycles. The van der Waals surface area contributed by atoms with Crippen LogP contribution in [0.5, 0.6) is 0 Å². The second-order valence-corrected chi connectivity index (χ2v) is 4.77. The van der Waals surface area contributed by atoms with Crippen molar-refractivity contribution in [2.24, 2.45) is 0 Å². The minimum atomic E-state index is -0.188. The summed E-state index contributed by atoms with van der Waals surface area (Å²) in [4.78, 5) is 0. The molecule has 1 N–H and O–H groups in total. The molecule has 0 aliphatic heterocycles. The van der Waals surface area contributed by atoms with Crippen LogP contribution in [0.25, 0.3) is 0 Å². The van der Waals surface area contributed by atoms with E-state index in [9.17, 15) is 4.39 Å². The van der Waals surface area contributed by atoms with E-state index in [1.165, 1.54) is 6.07 Å². The van der Waals surface area contributed by atoms with Crippen LogP contribution in [0.3, 0.4) is 0 Å². The highest BCUT2D eigenvalue weighted by Gasteiger charge is 2.20. The van der Waals surface area contributed by atoms with Gasteiger partial charge in [0.25, 0.3) is 0 Å². The van der Waals surface area contributed by atoms with E-state index in [0.29, 0.717) is 5.56 Å². The summed E-state index contributed by atoms with van der Waals surface area (Å²) in [5.41, 5.74) is 3.66. The standard InChI is InChI=1S/C15H20FN3/c1-5-19-14(9-11(3)18-19)15(17-4)12-8-10(2)6-7-13(12)16/h6-9,15,17H,5H2,1-4H3. The van der Waals surface area contributed by atoms with Crippen molar-refractivity contribution < 1.29 is 4.39 Å². The number of hydrogen-bond acceptors (Lipinski definition) is 2. The van der Waals surface area contributed by atoms with Crippen molar-refractivity contribution in [1.82, 2.24) is 15.1 Å². The maximum atomic E-state index is 14.1. The first kappa shape index (κ1) is 13.7. The summed E-state index contributed by atoms with van der Waals surface area (Å²) < 4.78 is 16.0. The third kappa shape index (κ3) is 2.68. The molecule has 0 amide bonds. The van der Waals surface area contributed by atoms with Crippen LogP contribution in [0.2, 0.25) is 0 Å². The Morgan fingerprint density at radius 2 is 2.05 bits per heavy atom. The maximum absolute atomic E-state index is 14.1. The summed E-state index contributed by atoms with van der Waals surface area (Å²) >= 11 is 0. The monoisotopic (exact) mass is 261 g/mol. The average Bonchev–Trinajstić information content (AvgIpc) is 2.76. The Morgan fingerprint density at radius 3 is 2.68 bits per heavy atom. The molecule has 0 aliphatic carbocycles. The molecular weight excluding hydrogens is 241 g/mol. The number of nitrogens with one attached hydrogen (secondary N) is 1. The predicted molar refractivity (Wildman–Crippen MR) is 74.7 cm³/mol. The molecule has 0 bridgehead atoms. The summed E-state index contributed by atoms with van der Waals surface area (Å²) in [6, 6.07) is 7.02. The molecule has 0 radical (unpaired) electrons. The Bertz CT molecular complexity index is 575. The Kier molecular flexibility index (Phi) is 4.00. The molecule has 2 rings (SSSR count). The van der Waals surface area contributed by atoms with Crippen molar-refractivity contribution in [3.63, 3.8) is 0 Å². The van der Waals surface area contributed by atoms with Gasteiger partial charge in [0.2, 0.25) is 0 Å². The van der Waals surface area contributed by atoms with Gasteiger partial charge in [0.05, 0.1) is 17.4 Å². The van der Waals surface area contributed by atoms with Gasteiger partial charge in [-0.1, -0.05) is 17.7 Å². The lowest BCUT2D eigenvalue weighted by Crippen LogP contribution is -2.22. The quantitative estimate of drug-likeness (QED) is 0.917. The number of aryl methyl sites for hydroxylation is 3. The third-order valence-electron chi connectivity index (χ3n) is 3.28. The molecule has 0 saturated carbocycles. The number of rotatable bonds is 4. The molecule has 4 heteroatoms. The molecule has 1 atom stereocenters. The van der Waals surface area contributed by atoms with Crippen molar-refractivity contribution in [1.29, 1.82) is 0 Å². The Balaban J connectivity index is 2.52. The minimum Gasteiger partial charge on any atom is -0.308 e. The number of benzene rings is 1. The predicted octanol–water partition coefficient (Wildman–Crippen LogP) is 2.97. The lowest BCUT2D eigenvalue weighted by molar-refractivity contribution is 0.532. The molecule has 0 spiro atoms. The minimum absolute atomic E-state index is 0.180. The van der Waals surface area contributed by atoms with Crippen LogP contribution >= 0.6 is 0 Å². The van der Waals surface area contributed by atoms with Gasteiger partial charge in [-0.3, -0.25) is 4.68 Å². The zero-order chi connectivity index (χ0) is 14.0. The van der Waals surface area contributed by atoms with Gasteiger partial charge in [0, 0.05) is 12.1 Å². The van der Waals surface area contributed by atoms with Gasteiger partial charge in [-0.25, -0.2) is 4.39 Å². The summed E-state index contributed by atoms with van der Waals surface area (Å²) in [5, 5.41) is 7.62. The van der Waals surface area contributed by atoms with E-state index in [1.54, 1.807) is 6.07 Å². The van der Waals surface area contributed by atoms with E-state index < -0.39 is 0 Å². The van der Waals surface area contributed by atoms with Crippen molar-refractivity contribution in [2.75, 3.05) is 7.05 Å². The van der Waals surface area contributed by atoms with Crippen LogP contribution in [0.15, 0.2) is 24.3 Å². The van der Waals surface area contributed by atoms with Crippen LogP contribution in [-0.4, -0.2) is 16.8 Å². The van der Waals surface area contributed by atoms with E-state index >= 15 is 0 Å². The van der Waals surface area contributed by atoms with Gasteiger partial charge in [-0.2, -0.15) is 5.10 Å². The Morgan fingerprint density at radius 1 is 1.32 bits per heavy atom. The molecule has 0 saturated heterocycles. The van der Waals surface area contributed by atoms with Crippen molar-refractivity contribution in [3.05, 3.63) is 52.6 Å². The molecule has 1 heterocycles. The van der Waals surface area contributed by atoms with Crippen molar-refractivity contribution in [3.8, 4) is 0 Å². The van der Waals surface area contributed by atoms with Gasteiger partial charge in [0.15, 0.2) is 0 Å². The van der Waals surface area contributed by atoms with E-state index in [2.05, 4.69) is 10.4 Å². The zero-order valence-electron chi connectivity index (χ0n) is 11.9. The molecule has 3 nitrogen and oxygen atoms in total. The van der Waals surface area contributed by atoms with Gasteiger partial charge in [-0.05, 0) is 40.0 Å². The molecule has 2 aromatic rings. The van der Waals surface area contributed by atoms with E-state index in [-0.39, 0.29) is 11.9 Å². The van der Waals surface area contributed by atoms with Crippen LogP contribution in [-0.2, 0) is 6.54 Å². The second kappa shape index (κ2) is 5.53. The first-order valence-electron chi connectivity index (χ1n) is 6.54. The van der Waals surface area contributed by atoms with Crippen LogP contribution in [0.1, 0.15) is 35.5 Å². The Hall–Kier alpha value is -1.68. The molecule has 1 aromatic heterocycles. The summed E-state index contributed by atoms with van der Waals surface area (Å²) in [7, 11) is 1.84. The smallest absolute Gasteiger partial charge is 0.128 e. The summed E-state index contributed by atoms with van der Waals surface area (Å²) in [5.74, 6) is -0.188. The molecule has 0 fully saturated rings.